The molecule has 0 fully saturated rings. The number of aromatic nitrogens is 1. The summed E-state index contributed by atoms with van der Waals surface area (Å²) in [5, 5.41) is 0.483. The normalized spacial score (nSPS) is 12.3. The summed E-state index contributed by atoms with van der Waals surface area (Å²) in [5.41, 5.74) is 0.981. The lowest BCUT2D eigenvalue weighted by atomic mass is 10.1. The van der Waals surface area contributed by atoms with Crippen LogP contribution in [0.15, 0.2) is 47.3 Å². The summed E-state index contributed by atoms with van der Waals surface area (Å²) in [5.74, 6) is 0.950. The number of hydrogen-bond acceptors (Lipinski definition) is 5. The van der Waals surface area contributed by atoms with E-state index < -0.39 is 0 Å². The molecule has 1 aromatic heterocycles. The van der Waals surface area contributed by atoms with Crippen molar-refractivity contribution >= 4 is 40.9 Å². The Morgan fingerprint density at radius 2 is 1.89 bits per heavy atom. The lowest BCUT2D eigenvalue weighted by Crippen LogP contribution is -2.20. The minimum absolute atomic E-state index is 0.229. The zero-order valence-corrected chi connectivity index (χ0v) is 16.2. The molecule has 0 spiro atoms. The number of Topliss-reactive ketones (excluding diaryl/α,β-unsaturated/α-hetero) is 1. The summed E-state index contributed by atoms with van der Waals surface area (Å²) in [7, 11) is 3.11. The smallest absolute Gasteiger partial charge is 0.266 e. The first-order valence-corrected chi connectivity index (χ1v) is 9.14. The fourth-order valence-electron chi connectivity index (χ4n) is 2.46. The second kappa shape index (κ2) is 8.24. The maximum Gasteiger partial charge on any atom is 0.266 e. The number of methoxy groups -OCH3 is 2. The van der Waals surface area contributed by atoms with E-state index in [2.05, 4.69) is 4.98 Å². The van der Waals surface area contributed by atoms with Crippen molar-refractivity contribution in [3.8, 4) is 11.5 Å². The van der Waals surface area contributed by atoms with Gasteiger partial charge in [0, 0.05) is 16.7 Å². The van der Waals surface area contributed by atoms with Crippen LogP contribution in [0.1, 0.15) is 15.9 Å². The molecule has 5 nitrogen and oxygen atoms in total. The van der Waals surface area contributed by atoms with Gasteiger partial charge in [0.25, 0.3) is 5.56 Å². The number of ketones is 1. The minimum Gasteiger partial charge on any atom is -0.493 e. The van der Waals surface area contributed by atoms with E-state index in [4.69, 9.17) is 21.1 Å². The Kier molecular flexibility index (Phi) is 5.78. The molecule has 1 N–H and O–H groups in total. The summed E-state index contributed by atoms with van der Waals surface area (Å²) >= 11 is 7.11. The molecule has 0 aliphatic rings. The first kappa shape index (κ1) is 18.9. The molecular formula is C20H16ClNO4S. The summed E-state index contributed by atoms with van der Waals surface area (Å²) in [6.07, 6.45) is 3.12. The third-order valence-electron chi connectivity index (χ3n) is 3.76. The number of H-pyrrole nitrogens is 1. The number of carbonyl (C=O) groups excluding carboxylic acids is 1. The van der Waals surface area contributed by atoms with Crippen molar-refractivity contribution in [2.45, 2.75) is 0 Å². The molecule has 7 heteroatoms. The van der Waals surface area contributed by atoms with Crippen LogP contribution in [0.25, 0.3) is 12.2 Å². The minimum atomic E-state index is -0.264. The zero-order chi connectivity index (χ0) is 19.4. The molecule has 0 saturated carbocycles. The van der Waals surface area contributed by atoms with Crippen molar-refractivity contribution in [2.24, 2.45) is 0 Å². The van der Waals surface area contributed by atoms with Gasteiger partial charge in [0.05, 0.1) is 23.4 Å². The summed E-state index contributed by atoms with van der Waals surface area (Å²) in [4.78, 5) is 27.2. The average Bonchev–Trinajstić information content (AvgIpc) is 3.00. The molecule has 2 aromatic carbocycles. The van der Waals surface area contributed by atoms with Crippen LogP contribution in [-0.2, 0) is 0 Å². The second-order valence-corrected chi connectivity index (χ2v) is 7.08. The number of thiazole rings is 1. The fourth-order valence-corrected chi connectivity index (χ4v) is 3.54. The monoisotopic (exact) mass is 401 g/mol. The van der Waals surface area contributed by atoms with Crippen LogP contribution in [-0.4, -0.2) is 25.0 Å². The highest BCUT2D eigenvalue weighted by molar-refractivity contribution is 7.07. The third-order valence-corrected chi connectivity index (χ3v) is 4.96. The van der Waals surface area contributed by atoms with Crippen LogP contribution in [0.4, 0.5) is 0 Å². The van der Waals surface area contributed by atoms with Gasteiger partial charge in [-0.1, -0.05) is 29.8 Å². The highest BCUT2D eigenvalue weighted by Gasteiger charge is 2.05. The Morgan fingerprint density at radius 3 is 2.59 bits per heavy atom. The van der Waals surface area contributed by atoms with Crippen molar-refractivity contribution in [2.75, 3.05) is 14.2 Å². The molecule has 0 aliphatic heterocycles. The first-order valence-electron chi connectivity index (χ1n) is 7.94. The number of benzene rings is 2. The lowest BCUT2D eigenvalue weighted by Gasteiger charge is -2.07. The Labute approximate surface area is 164 Å². The standard InChI is InChI=1S/C20H16ClNO4S/c1-25-16-7-6-12(8-17(16)26-2)9-18-20(24)22-19(27-18)11-15(23)13-4-3-5-14(21)10-13/h3-11H,1-2H3,(H,22,24)/b18-9-,19-11-. The molecule has 0 amide bonds. The van der Waals surface area contributed by atoms with E-state index in [1.54, 1.807) is 56.7 Å². The van der Waals surface area contributed by atoms with E-state index >= 15 is 0 Å². The second-order valence-electron chi connectivity index (χ2n) is 5.56. The van der Waals surface area contributed by atoms with Gasteiger partial charge in [-0.2, -0.15) is 0 Å². The molecule has 0 aliphatic carbocycles. The van der Waals surface area contributed by atoms with Crippen LogP contribution < -0.4 is 24.2 Å². The molecule has 0 bridgehead atoms. The number of halogens is 1. The maximum atomic E-state index is 12.3. The highest BCUT2D eigenvalue weighted by atomic mass is 35.5. The zero-order valence-electron chi connectivity index (χ0n) is 14.6. The van der Waals surface area contributed by atoms with Crippen LogP contribution in [0.2, 0.25) is 5.02 Å². The van der Waals surface area contributed by atoms with E-state index in [0.717, 1.165) is 5.56 Å². The Bertz CT molecular complexity index is 1160. The number of rotatable bonds is 5. The van der Waals surface area contributed by atoms with E-state index in [-0.39, 0.29) is 11.3 Å². The Hall–Kier alpha value is -2.83. The van der Waals surface area contributed by atoms with Crippen LogP contribution in [0, 0.1) is 0 Å². The molecule has 27 heavy (non-hydrogen) atoms. The van der Waals surface area contributed by atoms with Gasteiger partial charge < -0.3 is 14.5 Å². The van der Waals surface area contributed by atoms with Crippen molar-refractivity contribution < 1.29 is 14.3 Å². The Morgan fingerprint density at radius 1 is 1.11 bits per heavy atom. The molecule has 0 unspecified atom stereocenters. The van der Waals surface area contributed by atoms with Gasteiger partial charge in [-0.05, 0) is 35.9 Å². The average molecular weight is 402 g/mol. The van der Waals surface area contributed by atoms with Gasteiger partial charge in [-0.3, -0.25) is 9.59 Å². The van der Waals surface area contributed by atoms with Gasteiger partial charge in [-0.25, -0.2) is 0 Å². The van der Waals surface area contributed by atoms with Crippen molar-refractivity contribution in [1.82, 2.24) is 4.98 Å². The van der Waals surface area contributed by atoms with E-state index in [9.17, 15) is 9.59 Å². The molecule has 0 saturated heterocycles. The van der Waals surface area contributed by atoms with Gasteiger partial charge in [0.15, 0.2) is 17.3 Å². The van der Waals surface area contributed by atoms with Crippen molar-refractivity contribution in [3.05, 3.63) is 78.2 Å². The predicted octanol–water partition coefficient (Wildman–Crippen LogP) is 2.60. The maximum absolute atomic E-state index is 12.3. The quantitative estimate of drug-likeness (QED) is 0.667. The van der Waals surface area contributed by atoms with E-state index in [1.807, 2.05) is 6.07 Å². The van der Waals surface area contributed by atoms with Crippen LogP contribution >= 0.6 is 22.9 Å². The molecule has 138 valence electrons. The van der Waals surface area contributed by atoms with Gasteiger partial charge in [0.1, 0.15) is 0 Å². The highest BCUT2D eigenvalue weighted by Crippen LogP contribution is 2.27. The fraction of sp³-hybridized carbons (Fsp3) is 0.100. The summed E-state index contributed by atoms with van der Waals surface area (Å²) in [6, 6.07) is 12.0. The first-order chi connectivity index (χ1) is 13.0. The lowest BCUT2D eigenvalue weighted by molar-refractivity contribution is 0.106. The molecule has 0 radical (unpaired) electrons. The SMILES string of the molecule is COc1ccc(/C=c2\s/c(=C\C(=O)c3cccc(Cl)c3)[nH]c2=O)cc1OC. The van der Waals surface area contributed by atoms with Gasteiger partial charge in [0.2, 0.25) is 0 Å². The van der Waals surface area contributed by atoms with E-state index in [0.29, 0.717) is 31.3 Å². The number of hydrogen-bond donors (Lipinski definition) is 1. The number of carbonyl (C=O) groups is 1. The number of aromatic amines is 1. The van der Waals surface area contributed by atoms with Gasteiger partial charge in [-0.15, -0.1) is 11.3 Å². The molecule has 3 aromatic rings. The Balaban J connectivity index is 1.98. The van der Waals surface area contributed by atoms with Crippen molar-refractivity contribution in [3.63, 3.8) is 0 Å². The van der Waals surface area contributed by atoms with Crippen LogP contribution in [0.5, 0.6) is 11.5 Å². The largest absolute Gasteiger partial charge is 0.493 e. The van der Waals surface area contributed by atoms with E-state index in [1.165, 1.54) is 17.4 Å². The van der Waals surface area contributed by atoms with Gasteiger partial charge >= 0.3 is 0 Å². The molecule has 1 heterocycles. The van der Waals surface area contributed by atoms with Crippen molar-refractivity contribution in [1.29, 1.82) is 0 Å². The predicted molar refractivity (Wildman–Crippen MR) is 108 cm³/mol. The number of ether oxygens (including phenoxy) is 2. The summed E-state index contributed by atoms with van der Waals surface area (Å²) in [6.45, 7) is 0. The van der Waals surface area contributed by atoms with Crippen LogP contribution in [0.3, 0.4) is 0 Å². The topological polar surface area (TPSA) is 68.4 Å². The molecular weight excluding hydrogens is 386 g/mol. The summed E-state index contributed by atoms with van der Waals surface area (Å²) < 4.78 is 11.4. The number of nitrogens with one attached hydrogen (secondary N) is 1. The molecule has 3 rings (SSSR count). The molecule has 0 atom stereocenters. The third kappa shape index (κ3) is 4.48.